The van der Waals surface area contributed by atoms with Gasteiger partial charge in [0.2, 0.25) is 0 Å². The van der Waals surface area contributed by atoms with E-state index in [2.05, 4.69) is 11.7 Å². The summed E-state index contributed by atoms with van der Waals surface area (Å²) in [6, 6.07) is 0. The van der Waals surface area contributed by atoms with Crippen molar-refractivity contribution in [2.75, 3.05) is 7.11 Å². The van der Waals surface area contributed by atoms with Gasteiger partial charge in [-0.15, -0.1) is 0 Å². The van der Waals surface area contributed by atoms with Crippen molar-refractivity contribution >= 4 is 11.8 Å². The van der Waals surface area contributed by atoms with E-state index in [4.69, 9.17) is 0 Å². The lowest BCUT2D eigenvalue weighted by atomic mass is 9.92. The number of rotatable bonds is 11. The molecule has 0 aliphatic rings. The summed E-state index contributed by atoms with van der Waals surface area (Å²) in [6.45, 7) is 3.88. The van der Waals surface area contributed by atoms with Crippen LogP contribution in [0.1, 0.15) is 71.6 Å². The number of hydrogen-bond donors (Lipinski definition) is 0. The van der Waals surface area contributed by atoms with Crippen LogP contribution in [0.15, 0.2) is 0 Å². The van der Waals surface area contributed by atoms with Crippen molar-refractivity contribution in [3.63, 3.8) is 0 Å². The number of unbranched alkanes of at least 4 members (excludes halogenated alkanes) is 4. The second kappa shape index (κ2) is 11.2. The summed E-state index contributed by atoms with van der Waals surface area (Å²) < 4.78 is 4.59. The van der Waals surface area contributed by atoms with Crippen molar-refractivity contribution < 1.29 is 14.3 Å². The predicted octanol–water partition coefficient (Wildman–Crippen LogP) is 3.90. The zero-order chi connectivity index (χ0) is 13.8. The summed E-state index contributed by atoms with van der Waals surface area (Å²) >= 11 is 0. The van der Waals surface area contributed by atoms with Crippen molar-refractivity contribution in [1.29, 1.82) is 0 Å². The van der Waals surface area contributed by atoms with E-state index in [0.717, 1.165) is 38.5 Å². The predicted molar refractivity (Wildman–Crippen MR) is 73.4 cm³/mol. The molecule has 0 aromatic rings. The van der Waals surface area contributed by atoms with Crippen LogP contribution in [-0.2, 0) is 14.3 Å². The molecule has 0 rings (SSSR count). The van der Waals surface area contributed by atoms with E-state index in [1.165, 1.54) is 20.0 Å². The van der Waals surface area contributed by atoms with Gasteiger partial charge in [-0.05, 0) is 26.2 Å². The summed E-state index contributed by atoms with van der Waals surface area (Å²) in [5, 5.41) is 0. The highest BCUT2D eigenvalue weighted by Crippen LogP contribution is 2.18. The average Bonchev–Trinajstić information content (AvgIpc) is 2.35. The molecule has 0 aliphatic carbocycles. The number of carbonyl (C=O) groups is 2. The maximum atomic E-state index is 11.5. The molecule has 0 spiro atoms. The van der Waals surface area contributed by atoms with Crippen LogP contribution in [0.5, 0.6) is 0 Å². The Bertz CT molecular complexity index is 236. The van der Waals surface area contributed by atoms with E-state index in [1.54, 1.807) is 6.92 Å². The minimum atomic E-state index is -0.138. The van der Waals surface area contributed by atoms with Crippen LogP contribution in [0, 0.1) is 5.92 Å². The molecule has 0 N–H and O–H groups in total. The van der Waals surface area contributed by atoms with Gasteiger partial charge in [0.25, 0.3) is 0 Å². The Hall–Kier alpha value is -0.860. The van der Waals surface area contributed by atoms with Crippen molar-refractivity contribution in [3.05, 3.63) is 0 Å². The monoisotopic (exact) mass is 256 g/mol. The van der Waals surface area contributed by atoms with Crippen molar-refractivity contribution in [2.24, 2.45) is 5.92 Å². The van der Waals surface area contributed by atoms with Gasteiger partial charge in [-0.3, -0.25) is 9.59 Å². The molecule has 0 amide bonds. The maximum absolute atomic E-state index is 11.5. The van der Waals surface area contributed by atoms with Gasteiger partial charge in [0.15, 0.2) is 0 Å². The average molecular weight is 256 g/mol. The molecule has 3 nitrogen and oxygen atoms in total. The fraction of sp³-hybridized carbons (Fsp3) is 0.867. The largest absolute Gasteiger partial charge is 0.469 e. The Morgan fingerprint density at radius 2 is 1.61 bits per heavy atom. The molecule has 0 aliphatic heterocycles. The van der Waals surface area contributed by atoms with Crippen molar-refractivity contribution in [1.82, 2.24) is 0 Å². The van der Waals surface area contributed by atoms with E-state index in [1.807, 2.05) is 0 Å². The van der Waals surface area contributed by atoms with Crippen LogP contribution in [0.25, 0.3) is 0 Å². The zero-order valence-electron chi connectivity index (χ0n) is 12.2. The van der Waals surface area contributed by atoms with Gasteiger partial charge in [-0.2, -0.15) is 0 Å². The number of ether oxygens (including phenoxy) is 1. The van der Waals surface area contributed by atoms with Gasteiger partial charge in [0.05, 0.1) is 7.11 Å². The first kappa shape index (κ1) is 17.1. The molecule has 0 aromatic heterocycles. The van der Waals surface area contributed by atoms with E-state index >= 15 is 0 Å². The molecule has 0 heterocycles. The quantitative estimate of drug-likeness (QED) is 0.416. The molecule has 106 valence electrons. The molecular weight excluding hydrogens is 228 g/mol. The van der Waals surface area contributed by atoms with E-state index in [-0.39, 0.29) is 11.9 Å². The number of esters is 1. The Morgan fingerprint density at radius 1 is 1.00 bits per heavy atom. The second-order valence-electron chi connectivity index (χ2n) is 4.98. The summed E-state index contributed by atoms with van der Waals surface area (Å²) in [7, 11) is 1.42. The molecule has 1 atom stereocenters. The second-order valence-corrected chi connectivity index (χ2v) is 4.98. The third-order valence-corrected chi connectivity index (χ3v) is 3.39. The van der Waals surface area contributed by atoms with Gasteiger partial charge >= 0.3 is 5.97 Å². The third-order valence-electron chi connectivity index (χ3n) is 3.39. The summed E-state index contributed by atoms with van der Waals surface area (Å²) in [5.74, 6) is 0.412. The molecule has 0 radical (unpaired) electrons. The Balaban J connectivity index is 3.64. The minimum Gasteiger partial charge on any atom is -0.469 e. The molecule has 0 aromatic carbocycles. The molecule has 18 heavy (non-hydrogen) atoms. The van der Waals surface area contributed by atoms with Crippen LogP contribution in [0.2, 0.25) is 0 Å². The van der Waals surface area contributed by atoms with Gasteiger partial charge in [-0.1, -0.05) is 39.0 Å². The highest BCUT2D eigenvalue weighted by Gasteiger charge is 2.13. The zero-order valence-corrected chi connectivity index (χ0v) is 12.2. The molecule has 0 saturated carbocycles. The minimum absolute atomic E-state index is 0.138. The summed E-state index contributed by atoms with van der Waals surface area (Å²) in [4.78, 5) is 22.4. The normalized spacial score (nSPS) is 12.2. The molecule has 1 unspecified atom stereocenters. The standard InChI is InChI=1S/C15H28O3/c1-4-5-7-10-14(13(2)16)11-8-6-9-12-15(17)18-3/h14H,4-12H2,1-3H3. The number of hydrogen-bond acceptors (Lipinski definition) is 3. The van der Waals surface area contributed by atoms with Crippen molar-refractivity contribution in [3.8, 4) is 0 Å². The highest BCUT2D eigenvalue weighted by atomic mass is 16.5. The number of methoxy groups -OCH3 is 1. The van der Waals surface area contributed by atoms with E-state index < -0.39 is 0 Å². The highest BCUT2D eigenvalue weighted by molar-refractivity contribution is 5.78. The maximum Gasteiger partial charge on any atom is 0.305 e. The number of Topliss-reactive ketones (excluding diaryl/α,β-unsaturated/α-hetero) is 1. The summed E-state index contributed by atoms with van der Waals surface area (Å²) in [6.07, 6.45) is 8.97. The van der Waals surface area contributed by atoms with Gasteiger partial charge in [0, 0.05) is 12.3 Å². The van der Waals surface area contributed by atoms with Crippen LogP contribution in [-0.4, -0.2) is 18.9 Å². The Kier molecular flexibility index (Phi) is 10.7. The summed E-state index contributed by atoms with van der Waals surface area (Å²) in [5.41, 5.74) is 0. The van der Waals surface area contributed by atoms with E-state index in [9.17, 15) is 9.59 Å². The van der Waals surface area contributed by atoms with Crippen LogP contribution in [0.3, 0.4) is 0 Å². The number of ketones is 1. The molecule has 0 saturated heterocycles. The van der Waals surface area contributed by atoms with Crippen LogP contribution < -0.4 is 0 Å². The lowest BCUT2D eigenvalue weighted by Gasteiger charge is -2.13. The lowest BCUT2D eigenvalue weighted by Crippen LogP contribution is -2.11. The SMILES string of the molecule is CCCCCC(CCCCCC(=O)OC)C(C)=O. The first-order valence-electron chi connectivity index (χ1n) is 7.19. The third kappa shape index (κ3) is 9.20. The molecular formula is C15H28O3. The smallest absolute Gasteiger partial charge is 0.305 e. The number of carbonyl (C=O) groups excluding carboxylic acids is 2. The van der Waals surface area contributed by atoms with Gasteiger partial charge in [-0.25, -0.2) is 0 Å². The molecule has 0 fully saturated rings. The van der Waals surface area contributed by atoms with Crippen LogP contribution >= 0.6 is 0 Å². The first-order chi connectivity index (χ1) is 8.61. The van der Waals surface area contributed by atoms with Gasteiger partial charge in [0.1, 0.15) is 5.78 Å². The molecule has 0 bridgehead atoms. The van der Waals surface area contributed by atoms with Gasteiger partial charge < -0.3 is 4.74 Å². The van der Waals surface area contributed by atoms with Crippen molar-refractivity contribution in [2.45, 2.75) is 71.6 Å². The Morgan fingerprint density at radius 3 is 2.11 bits per heavy atom. The molecule has 3 heteroatoms. The van der Waals surface area contributed by atoms with Crippen LogP contribution in [0.4, 0.5) is 0 Å². The first-order valence-corrected chi connectivity index (χ1v) is 7.19. The lowest BCUT2D eigenvalue weighted by molar-refractivity contribution is -0.140. The fourth-order valence-corrected chi connectivity index (χ4v) is 2.13. The Labute approximate surface area is 111 Å². The fourth-order valence-electron chi connectivity index (χ4n) is 2.13. The van der Waals surface area contributed by atoms with E-state index in [0.29, 0.717) is 12.2 Å². The topological polar surface area (TPSA) is 43.4 Å².